The molecule has 0 aliphatic carbocycles. The van der Waals surface area contributed by atoms with Crippen LogP contribution in [0.2, 0.25) is 0 Å². The Morgan fingerprint density at radius 2 is 0.778 bits per heavy atom. The van der Waals surface area contributed by atoms with Crippen LogP contribution >= 0.6 is 0 Å². The van der Waals surface area contributed by atoms with Gasteiger partial charge in [0.25, 0.3) is 0 Å². The van der Waals surface area contributed by atoms with Gasteiger partial charge < -0.3 is 79.8 Å². The molecule has 2 aliphatic heterocycles. The summed E-state index contributed by atoms with van der Waals surface area (Å²) in [4.78, 5) is 95.2. The van der Waals surface area contributed by atoms with Crippen molar-refractivity contribution in [1.29, 1.82) is 0 Å². The second kappa shape index (κ2) is 25.3. The summed E-state index contributed by atoms with van der Waals surface area (Å²) >= 11 is 0. The van der Waals surface area contributed by atoms with Gasteiger partial charge in [-0.15, -0.1) is 0 Å². The van der Waals surface area contributed by atoms with Gasteiger partial charge in [-0.3, -0.25) is 9.59 Å². The number of hydrogen-bond donors (Lipinski definition) is 8. The van der Waals surface area contributed by atoms with E-state index in [-0.39, 0.29) is 12.1 Å². The molecule has 0 aromatic rings. The van der Waals surface area contributed by atoms with Gasteiger partial charge >= 0.3 is 35.9 Å². The molecule has 2 atom stereocenters. The average Bonchev–Trinajstić information content (AvgIpc) is 3.05. The van der Waals surface area contributed by atoms with Gasteiger partial charge in [0.05, 0.1) is 79.3 Å². The molecule has 0 bridgehead atoms. The van der Waals surface area contributed by atoms with Crippen molar-refractivity contribution in [2.75, 3.05) is 92.6 Å². The predicted octanol–water partition coefficient (Wildman–Crippen LogP) is -6.61. The molecule has 2 rings (SSSR count). The topological polar surface area (TPSA) is 326 Å². The normalized spacial score (nSPS) is 16.5. The Bertz CT molecular complexity index is 1120. The number of carbonyl (C=O) groups excluding carboxylic acids is 4. The lowest BCUT2D eigenvalue weighted by atomic mass is 9.96. The number of hydrogen-bond acceptors (Lipinski definition) is 12. The number of rotatable bonds is 14. The van der Waals surface area contributed by atoms with E-state index in [0.717, 1.165) is 78.5 Å². The van der Waals surface area contributed by atoms with Crippen LogP contribution in [0.15, 0.2) is 0 Å². The standard InChI is InChI=1S/2C10H21N3O.2C6H8O7/c2*1-4-12(5-2)10(14)13-8-6-11(3)7-9-13;2*7-3(8)1-6(13,5(11)12)2-4(9)10/h2*4-9H2,1-3H3;2*13H,1-2H2,(H,7,8)(H,9,10)(H,11,12). The van der Waals surface area contributed by atoms with E-state index in [1.54, 1.807) is 0 Å². The van der Waals surface area contributed by atoms with Gasteiger partial charge in [0.2, 0.25) is 0 Å². The predicted molar refractivity (Wildman–Crippen MR) is 182 cm³/mol. The van der Waals surface area contributed by atoms with E-state index < -0.39 is 72.7 Å². The monoisotopic (exact) mass is 782 g/mol. The number of aliphatic carboxylic acids is 6. The highest BCUT2D eigenvalue weighted by Gasteiger charge is 2.39. The first-order valence-corrected chi connectivity index (χ1v) is 17.4. The number of nitrogens with one attached hydrogen (secondary N) is 2. The second-order valence-electron chi connectivity index (χ2n) is 12.7. The van der Waals surface area contributed by atoms with E-state index in [2.05, 4.69) is 14.1 Å². The van der Waals surface area contributed by atoms with Crippen LogP contribution in [0.25, 0.3) is 0 Å². The molecule has 2 fully saturated rings. The minimum Gasteiger partial charge on any atom is -0.550 e. The zero-order chi connectivity index (χ0) is 42.4. The molecule has 22 nitrogen and oxygen atoms in total. The molecule has 0 unspecified atom stereocenters. The Morgan fingerprint density at radius 1 is 0.537 bits per heavy atom. The molecule has 2 saturated heterocycles. The third kappa shape index (κ3) is 19.9. The number of aliphatic hydroxyl groups is 2. The van der Waals surface area contributed by atoms with Crippen LogP contribution in [0, 0.1) is 0 Å². The lowest BCUT2D eigenvalue weighted by Gasteiger charge is -2.33. The maximum atomic E-state index is 11.9. The molecular weight excluding hydrogens is 724 g/mol. The molecule has 2 heterocycles. The summed E-state index contributed by atoms with van der Waals surface area (Å²) in [7, 11) is 4.36. The van der Waals surface area contributed by atoms with Gasteiger partial charge in [-0.1, -0.05) is 0 Å². The van der Waals surface area contributed by atoms with Crippen molar-refractivity contribution < 1.29 is 89.0 Å². The SMILES string of the molecule is CCN(CC)C(=O)N1CC[NH+](C)CC1.CCN(CC)C(=O)N1CC[NH+](C)CC1.O=C([O-])C[C@@](O)(CC(=O)O)C(=O)O.O=C([O-])C[C@](O)(CC(=O)O)C(=O)O. The Hall–Kier alpha value is -4.80. The zero-order valence-corrected chi connectivity index (χ0v) is 31.9. The molecule has 22 heteroatoms. The van der Waals surface area contributed by atoms with Crippen LogP contribution in [-0.4, -0.2) is 202 Å². The summed E-state index contributed by atoms with van der Waals surface area (Å²) in [5.74, 6) is -10.7. The fourth-order valence-corrected chi connectivity index (χ4v) is 4.95. The Kier molecular flexibility index (Phi) is 24.0. The van der Waals surface area contributed by atoms with Crippen molar-refractivity contribution in [3.05, 3.63) is 0 Å². The van der Waals surface area contributed by atoms with Crippen LogP contribution in [0.5, 0.6) is 0 Å². The number of nitrogens with zero attached hydrogens (tertiary/aromatic N) is 4. The van der Waals surface area contributed by atoms with Gasteiger partial charge in [0, 0.05) is 51.0 Å². The lowest BCUT2D eigenvalue weighted by molar-refractivity contribution is -0.883. The summed E-state index contributed by atoms with van der Waals surface area (Å²) in [6.45, 7) is 19.3. The molecular formula is C32H58N6O16. The van der Waals surface area contributed by atoms with Gasteiger partial charge in [0.1, 0.15) is 0 Å². The number of carboxylic acids is 6. The lowest BCUT2D eigenvalue weighted by Crippen LogP contribution is -3.12. The number of likely N-dealkylation sites (N-methyl/N-ethyl adjacent to an activating group) is 2. The fraction of sp³-hybridized carbons (Fsp3) is 0.750. The van der Waals surface area contributed by atoms with E-state index in [1.165, 1.54) is 9.80 Å². The minimum absolute atomic E-state index is 0.211. The maximum absolute atomic E-state index is 11.9. The van der Waals surface area contributed by atoms with Gasteiger partial charge in [-0.25, -0.2) is 19.2 Å². The molecule has 312 valence electrons. The number of carboxylic acid groups (broad SMARTS) is 6. The Labute approximate surface area is 313 Å². The highest BCUT2D eigenvalue weighted by molar-refractivity contribution is 5.88. The summed E-state index contributed by atoms with van der Waals surface area (Å²) < 4.78 is 0. The summed E-state index contributed by atoms with van der Waals surface area (Å²) in [5, 5.41) is 71.0. The molecule has 0 saturated carbocycles. The van der Waals surface area contributed by atoms with Crippen molar-refractivity contribution in [1.82, 2.24) is 19.6 Å². The van der Waals surface area contributed by atoms with E-state index in [4.69, 9.17) is 30.6 Å². The first-order chi connectivity index (χ1) is 24.9. The van der Waals surface area contributed by atoms with Crippen molar-refractivity contribution in [3.8, 4) is 0 Å². The summed E-state index contributed by atoms with van der Waals surface area (Å²) in [5.41, 5.74) is -5.60. The average molecular weight is 783 g/mol. The van der Waals surface area contributed by atoms with Crippen LogP contribution in [0.4, 0.5) is 9.59 Å². The molecule has 8 N–H and O–H groups in total. The number of amides is 4. The highest BCUT2D eigenvalue weighted by atomic mass is 16.4. The Balaban J connectivity index is 0. The molecule has 4 amide bonds. The van der Waals surface area contributed by atoms with Gasteiger partial charge in [-0.05, 0) is 27.7 Å². The van der Waals surface area contributed by atoms with E-state index in [9.17, 15) is 48.6 Å². The van der Waals surface area contributed by atoms with Crippen LogP contribution < -0.4 is 20.0 Å². The molecule has 0 radical (unpaired) electrons. The van der Waals surface area contributed by atoms with Crippen molar-refractivity contribution in [3.63, 3.8) is 0 Å². The van der Waals surface area contributed by atoms with Crippen LogP contribution in [0.3, 0.4) is 0 Å². The number of quaternary nitrogens is 2. The highest BCUT2D eigenvalue weighted by Crippen LogP contribution is 2.16. The minimum atomic E-state index is -2.80. The van der Waals surface area contributed by atoms with Crippen LogP contribution in [-0.2, 0) is 28.8 Å². The first-order valence-electron chi connectivity index (χ1n) is 17.4. The molecule has 54 heavy (non-hydrogen) atoms. The summed E-state index contributed by atoms with van der Waals surface area (Å²) in [6.07, 6.45) is -4.88. The largest absolute Gasteiger partial charge is 0.550 e. The van der Waals surface area contributed by atoms with Gasteiger partial charge in [0.15, 0.2) is 11.2 Å². The maximum Gasteiger partial charge on any atom is 0.336 e. The van der Waals surface area contributed by atoms with Crippen molar-refractivity contribution >= 4 is 47.9 Å². The molecule has 2 aliphatic rings. The third-order valence-electron chi connectivity index (χ3n) is 8.40. The van der Waals surface area contributed by atoms with E-state index >= 15 is 0 Å². The van der Waals surface area contributed by atoms with Gasteiger partial charge in [-0.2, -0.15) is 0 Å². The van der Waals surface area contributed by atoms with Crippen LogP contribution in [0.1, 0.15) is 53.4 Å². The zero-order valence-electron chi connectivity index (χ0n) is 31.9. The van der Waals surface area contributed by atoms with Crippen molar-refractivity contribution in [2.45, 2.75) is 64.6 Å². The number of piperazine rings is 2. The number of urea groups is 2. The first kappa shape index (κ1) is 51.3. The Morgan fingerprint density at radius 3 is 0.944 bits per heavy atom. The molecule has 0 aromatic heterocycles. The van der Waals surface area contributed by atoms with E-state index in [0.29, 0.717) is 0 Å². The smallest absolute Gasteiger partial charge is 0.336 e. The quantitative estimate of drug-likeness (QED) is 0.0812. The second-order valence-corrected chi connectivity index (χ2v) is 12.7. The summed E-state index contributed by atoms with van der Waals surface area (Å²) in [6, 6.07) is 0.421. The third-order valence-corrected chi connectivity index (χ3v) is 8.40. The molecule has 0 aromatic carbocycles. The molecule has 0 spiro atoms. The number of carbonyl (C=O) groups is 8. The van der Waals surface area contributed by atoms with E-state index in [1.807, 2.05) is 47.3 Å². The van der Waals surface area contributed by atoms with Crippen molar-refractivity contribution in [2.24, 2.45) is 0 Å². The fourth-order valence-electron chi connectivity index (χ4n) is 4.95.